The molecule has 1 fully saturated rings. The molecule has 1 saturated heterocycles. The number of nitrogens with zero attached hydrogens (tertiary/aromatic N) is 4. The number of aromatic nitrogens is 3. The predicted octanol–water partition coefficient (Wildman–Crippen LogP) is 2.60. The average molecular weight is 486 g/mol. The van der Waals surface area contributed by atoms with Crippen LogP contribution >= 0.6 is 11.6 Å². The first-order valence-corrected chi connectivity index (χ1v) is 11.7. The van der Waals surface area contributed by atoms with Gasteiger partial charge in [-0.05, 0) is 42.7 Å². The summed E-state index contributed by atoms with van der Waals surface area (Å²) in [6.45, 7) is 1.57. The summed E-state index contributed by atoms with van der Waals surface area (Å²) in [7, 11) is 1.57. The molecule has 0 aliphatic carbocycles. The Morgan fingerprint density at radius 1 is 1.26 bits per heavy atom. The molecule has 9 nitrogen and oxygen atoms in total. The lowest BCUT2D eigenvalue weighted by Crippen LogP contribution is -2.48. The quantitative estimate of drug-likeness (QED) is 0.443. The summed E-state index contributed by atoms with van der Waals surface area (Å²) in [6, 6.07) is 13.5. The van der Waals surface area contributed by atoms with Gasteiger partial charge in [0, 0.05) is 31.8 Å². The molecule has 3 aromatic rings. The molecule has 180 valence electrons. The standard InChI is InChI=1S/C24H28ClN5O4/c1-33-14-12-26-24(32)23(17-8-10-18(25)11-9-17)29(15-19-5-4-13-34-19)22(31)16-30-21-7-3-2-6-20(21)27-28-30/h2-3,6-11,19,23H,4-5,12-16H2,1H3,(H,26,32). The molecule has 2 unspecified atom stereocenters. The van der Waals surface area contributed by atoms with Crippen molar-refractivity contribution in [3.63, 3.8) is 0 Å². The van der Waals surface area contributed by atoms with Crippen LogP contribution in [-0.4, -0.2) is 71.2 Å². The molecule has 1 aliphatic rings. The normalized spacial score (nSPS) is 16.5. The topological polar surface area (TPSA) is 98.6 Å². The summed E-state index contributed by atoms with van der Waals surface area (Å²) in [6.07, 6.45) is 1.61. The van der Waals surface area contributed by atoms with Crippen LogP contribution in [0.1, 0.15) is 24.4 Å². The van der Waals surface area contributed by atoms with Crippen LogP contribution in [0.2, 0.25) is 5.02 Å². The van der Waals surface area contributed by atoms with E-state index in [0.29, 0.717) is 35.9 Å². The van der Waals surface area contributed by atoms with Crippen LogP contribution in [0.3, 0.4) is 0 Å². The van der Waals surface area contributed by atoms with E-state index in [9.17, 15) is 9.59 Å². The number of hydrogen-bond donors (Lipinski definition) is 1. The number of halogens is 1. The highest BCUT2D eigenvalue weighted by Gasteiger charge is 2.34. The van der Waals surface area contributed by atoms with Gasteiger partial charge in [-0.15, -0.1) is 5.10 Å². The fraction of sp³-hybridized carbons (Fsp3) is 0.417. The van der Waals surface area contributed by atoms with Gasteiger partial charge in [0.25, 0.3) is 0 Å². The molecule has 0 saturated carbocycles. The Hall–Kier alpha value is -3.01. The SMILES string of the molecule is COCCNC(=O)C(c1ccc(Cl)cc1)N(CC1CCCO1)C(=O)Cn1nnc2ccccc21. The number of carbonyl (C=O) groups excluding carboxylic acids is 2. The van der Waals surface area contributed by atoms with Gasteiger partial charge in [-0.1, -0.05) is 41.1 Å². The summed E-state index contributed by atoms with van der Waals surface area (Å²) in [4.78, 5) is 28.7. The van der Waals surface area contributed by atoms with Crippen LogP contribution in [0, 0.1) is 0 Å². The van der Waals surface area contributed by atoms with Gasteiger partial charge >= 0.3 is 0 Å². The fourth-order valence-corrected chi connectivity index (χ4v) is 4.23. The number of fused-ring (bicyclic) bond motifs is 1. The first-order chi connectivity index (χ1) is 16.6. The lowest BCUT2D eigenvalue weighted by Gasteiger charge is -2.33. The van der Waals surface area contributed by atoms with Gasteiger partial charge in [0.05, 0.1) is 18.2 Å². The van der Waals surface area contributed by atoms with Gasteiger partial charge in [-0.25, -0.2) is 4.68 Å². The maximum atomic E-state index is 13.7. The van der Waals surface area contributed by atoms with Crippen molar-refractivity contribution in [3.05, 3.63) is 59.1 Å². The van der Waals surface area contributed by atoms with E-state index in [1.807, 2.05) is 24.3 Å². The van der Waals surface area contributed by atoms with Gasteiger partial charge in [0.15, 0.2) is 0 Å². The second kappa shape index (κ2) is 11.4. The number of methoxy groups -OCH3 is 1. The summed E-state index contributed by atoms with van der Waals surface area (Å²) in [5.41, 5.74) is 2.11. The van der Waals surface area contributed by atoms with Gasteiger partial charge in [0.2, 0.25) is 11.8 Å². The molecule has 0 bridgehead atoms. The van der Waals surface area contributed by atoms with E-state index < -0.39 is 6.04 Å². The molecule has 1 N–H and O–H groups in total. The zero-order chi connectivity index (χ0) is 23.9. The predicted molar refractivity (Wildman–Crippen MR) is 127 cm³/mol. The first-order valence-electron chi connectivity index (χ1n) is 11.3. The van der Waals surface area contributed by atoms with E-state index >= 15 is 0 Å². The highest BCUT2D eigenvalue weighted by Crippen LogP contribution is 2.26. The number of carbonyl (C=O) groups is 2. The van der Waals surface area contributed by atoms with Crippen molar-refractivity contribution in [2.24, 2.45) is 0 Å². The zero-order valence-electron chi connectivity index (χ0n) is 19.0. The van der Waals surface area contributed by atoms with Crippen molar-refractivity contribution in [2.75, 3.05) is 33.4 Å². The Morgan fingerprint density at radius 2 is 2.06 bits per heavy atom. The van der Waals surface area contributed by atoms with Gasteiger partial charge in [-0.3, -0.25) is 9.59 Å². The van der Waals surface area contributed by atoms with Crippen LogP contribution < -0.4 is 5.32 Å². The first kappa shape index (κ1) is 24.1. The summed E-state index contributed by atoms with van der Waals surface area (Å²) in [5, 5.41) is 11.7. The van der Waals surface area contributed by atoms with Crippen molar-refractivity contribution in [3.8, 4) is 0 Å². The maximum absolute atomic E-state index is 13.7. The maximum Gasteiger partial charge on any atom is 0.247 e. The molecule has 2 heterocycles. The third-order valence-corrected chi connectivity index (χ3v) is 6.05. The molecule has 34 heavy (non-hydrogen) atoms. The van der Waals surface area contributed by atoms with Crippen molar-refractivity contribution >= 4 is 34.4 Å². The molecule has 2 amide bonds. The largest absolute Gasteiger partial charge is 0.383 e. The molecule has 1 aliphatic heterocycles. The number of nitrogens with one attached hydrogen (secondary N) is 1. The average Bonchev–Trinajstić information content (AvgIpc) is 3.50. The van der Waals surface area contributed by atoms with E-state index in [-0.39, 0.29) is 31.0 Å². The highest BCUT2D eigenvalue weighted by molar-refractivity contribution is 6.30. The molecule has 0 spiro atoms. The third-order valence-electron chi connectivity index (χ3n) is 5.80. The lowest BCUT2D eigenvalue weighted by molar-refractivity contribution is -0.143. The Bertz CT molecular complexity index is 1110. The van der Waals surface area contributed by atoms with Crippen molar-refractivity contribution in [2.45, 2.75) is 31.5 Å². The van der Waals surface area contributed by atoms with Crippen molar-refractivity contribution < 1.29 is 19.1 Å². The Morgan fingerprint density at radius 3 is 2.79 bits per heavy atom. The number of rotatable bonds is 10. The molecule has 4 rings (SSSR count). The number of ether oxygens (including phenoxy) is 2. The number of para-hydroxylation sites is 1. The van der Waals surface area contributed by atoms with E-state index in [4.69, 9.17) is 21.1 Å². The monoisotopic (exact) mass is 485 g/mol. The number of benzene rings is 2. The van der Waals surface area contributed by atoms with E-state index in [1.54, 1.807) is 41.0 Å². The summed E-state index contributed by atoms with van der Waals surface area (Å²) >= 11 is 6.09. The molecule has 0 radical (unpaired) electrons. The Kier molecular flexibility index (Phi) is 8.10. The molecular weight excluding hydrogens is 458 g/mol. The van der Waals surface area contributed by atoms with Crippen LogP contribution in [0.4, 0.5) is 0 Å². The van der Waals surface area contributed by atoms with Crippen LogP contribution in [0.5, 0.6) is 0 Å². The van der Waals surface area contributed by atoms with Crippen molar-refractivity contribution in [1.29, 1.82) is 0 Å². The summed E-state index contributed by atoms with van der Waals surface area (Å²) < 4.78 is 12.4. The minimum absolute atomic E-state index is 0.0529. The minimum Gasteiger partial charge on any atom is -0.383 e. The van der Waals surface area contributed by atoms with Crippen LogP contribution in [-0.2, 0) is 25.6 Å². The van der Waals surface area contributed by atoms with E-state index in [0.717, 1.165) is 18.4 Å². The number of hydrogen-bond acceptors (Lipinski definition) is 6. The van der Waals surface area contributed by atoms with Crippen molar-refractivity contribution in [1.82, 2.24) is 25.2 Å². The lowest BCUT2D eigenvalue weighted by atomic mass is 10.0. The van der Waals surface area contributed by atoms with E-state index in [2.05, 4.69) is 15.6 Å². The Balaban J connectivity index is 1.66. The molecular formula is C24H28ClN5O4. The van der Waals surface area contributed by atoms with Gasteiger partial charge in [0.1, 0.15) is 18.1 Å². The summed E-state index contributed by atoms with van der Waals surface area (Å²) in [5.74, 6) is -0.554. The highest BCUT2D eigenvalue weighted by atomic mass is 35.5. The molecule has 1 aromatic heterocycles. The third kappa shape index (κ3) is 5.72. The smallest absolute Gasteiger partial charge is 0.247 e. The van der Waals surface area contributed by atoms with Gasteiger partial charge < -0.3 is 19.7 Å². The molecule has 2 aromatic carbocycles. The molecule has 10 heteroatoms. The number of amides is 2. The zero-order valence-corrected chi connectivity index (χ0v) is 19.8. The van der Waals surface area contributed by atoms with Crippen LogP contribution in [0.15, 0.2) is 48.5 Å². The molecule has 2 atom stereocenters. The minimum atomic E-state index is -0.861. The van der Waals surface area contributed by atoms with Crippen LogP contribution in [0.25, 0.3) is 11.0 Å². The van der Waals surface area contributed by atoms with E-state index in [1.165, 1.54) is 0 Å². The van der Waals surface area contributed by atoms with Gasteiger partial charge in [-0.2, -0.15) is 0 Å². The fourth-order valence-electron chi connectivity index (χ4n) is 4.10. The second-order valence-electron chi connectivity index (χ2n) is 8.15. The second-order valence-corrected chi connectivity index (χ2v) is 8.59. The Labute approximate surface area is 203 Å².